The molecule has 1 fully saturated rings. The highest BCUT2D eigenvalue weighted by Gasteiger charge is 2.38. The van der Waals surface area contributed by atoms with E-state index in [2.05, 4.69) is 21.2 Å². The van der Waals surface area contributed by atoms with Crippen molar-refractivity contribution in [1.82, 2.24) is 4.90 Å². The average molecular weight is 612 g/mol. The third-order valence-corrected chi connectivity index (χ3v) is 8.55. The molecule has 1 aliphatic rings. The maximum absolute atomic E-state index is 13.1. The van der Waals surface area contributed by atoms with Gasteiger partial charge in [-0.1, -0.05) is 28.1 Å². The van der Waals surface area contributed by atoms with Crippen LogP contribution in [0.25, 0.3) is 0 Å². The number of ether oxygens (including phenoxy) is 3. The Kier molecular flexibility index (Phi) is 9.83. The van der Waals surface area contributed by atoms with Gasteiger partial charge >= 0.3 is 12.2 Å². The summed E-state index contributed by atoms with van der Waals surface area (Å²) in [6.45, 7) is 7.54. The lowest BCUT2D eigenvalue weighted by molar-refractivity contribution is 0.0130. The van der Waals surface area contributed by atoms with Crippen LogP contribution in [0, 0.1) is 0 Å². The minimum Gasteiger partial charge on any atom is -0.446 e. The number of halogens is 1. The van der Waals surface area contributed by atoms with E-state index in [1.807, 2.05) is 31.2 Å². The van der Waals surface area contributed by atoms with E-state index in [0.717, 1.165) is 10.0 Å². The van der Waals surface area contributed by atoms with Crippen LogP contribution < -0.4 is 5.32 Å². The largest absolute Gasteiger partial charge is 0.446 e. The van der Waals surface area contributed by atoms with Gasteiger partial charge in [-0.3, -0.25) is 5.32 Å². The summed E-state index contributed by atoms with van der Waals surface area (Å²) in [6, 6.07) is 12.1. The normalized spacial score (nSPS) is 14.5. The molecule has 0 unspecified atom stereocenters. The Labute approximate surface area is 232 Å². The monoisotopic (exact) mass is 610 g/mol. The molecule has 0 saturated heterocycles. The summed E-state index contributed by atoms with van der Waals surface area (Å²) < 4.78 is 43.6. The predicted octanol–water partition coefficient (Wildman–Crippen LogP) is 6.08. The van der Waals surface area contributed by atoms with Crippen molar-refractivity contribution in [3.63, 3.8) is 0 Å². The van der Waals surface area contributed by atoms with Crippen LogP contribution in [0.5, 0.6) is 0 Å². The minimum atomic E-state index is -3.55. The molecule has 2 amide bonds. The highest BCUT2D eigenvalue weighted by molar-refractivity contribution is 9.10. The highest BCUT2D eigenvalue weighted by atomic mass is 79.9. The van der Waals surface area contributed by atoms with E-state index in [9.17, 15) is 18.0 Å². The molecule has 0 aliphatic heterocycles. The number of amides is 2. The maximum atomic E-state index is 13.1. The second-order valence-electron chi connectivity index (χ2n) is 10.1. The fourth-order valence-electron chi connectivity index (χ4n) is 3.70. The van der Waals surface area contributed by atoms with E-state index < -0.39 is 39.0 Å². The van der Waals surface area contributed by atoms with Crippen LogP contribution in [0.15, 0.2) is 51.8 Å². The van der Waals surface area contributed by atoms with Crippen molar-refractivity contribution in [2.45, 2.75) is 68.9 Å². The standard InChI is InChI=1S/C27H35BrN2O7S/c1-6-35-23(18-7-9-20(28)10-8-18)17-36-25(31)29-21-11-14-24(38(33,34)22-12-13-22)19(15-21)16-30(5)26(32)37-27(2,3)4/h7-11,14-15,22-23H,6,12-13,16-17H2,1-5H3,(H,29,31)/t23-/m0/s1. The van der Waals surface area contributed by atoms with Crippen LogP contribution in [0.1, 0.15) is 57.8 Å². The molecule has 1 aliphatic carbocycles. The molecular weight excluding hydrogens is 576 g/mol. The summed E-state index contributed by atoms with van der Waals surface area (Å²) >= 11 is 3.40. The van der Waals surface area contributed by atoms with Gasteiger partial charge in [-0.05, 0) is 82.0 Å². The number of anilines is 1. The van der Waals surface area contributed by atoms with E-state index in [0.29, 0.717) is 30.7 Å². The molecule has 11 heteroatoms. The van der Waals surface area contributed by atoms with Crippen LogP contribution in [0.3, 0.4) is 0 Å². The number of nitrogens with one attached hydrogen (secondary N) is 1. The lowest BCUT2D eigenvalue weighted by Crippen LogP contribution is -2.34. The van der Waals surface area contributed by atoms with Gasteiger partial charge in [-0.25, -0.2) is 18.0 Å². The maximum Gasteiger partial charge on any atom is 0.411 e. The van der Waals surface area contributed by atoms with Crippen molar-refractivity contribution in [3.8, 4) is 0 Å². The zero-order valence-corrected chi connectivity index (χ0v) is 24.7. The first-order valence-corrected chi connectivity index (χ1v) is 14.8. The Morgan fingerprint density at radius 3 is 2.37 bits per heavy atom. The second-order valence-corrected chi connectivity index (χ2v) is 13.2. The first kappa shape index (κ1) is 29.9. The van der Waals surface area contributed by atoms with Crippen molar-refractivity contribution in [3.05, 3.63) is 58.1 Å². The third-order valence-electron chi connectivity index (χ3n) is 5.66. The van der Waals surface area contributed by atoms with Crippen LogP contribution in [0.2, 0.25) is 0 Å². The van der Waals surface area contributed by atoms with Crippen molar-refractivity contribution in [2.24, 2.45) is 0 Å². The lowest BCUT2D eigenvalue weighted by atomic mass is 10.1. The van der Waals surface area contributed by atoms with Crippen molar-refractivity contribution in [1.29, 1.82) is 0 Å². The smallest absolute Gasteiger partial charge is 0.411 e. The molecule has 1 N–H and O–H groups in total. The molecule has 0 spiro atoms. The summed E-state index contributed by atoms with van der Waals surface area (Å²) in [5, 5.41) is 2.23. The molecule has 1 saturated carbocycles. The van der Waals surface area contributed by atoms with Gasteiger partial charge in [0.25, 0.3) is 0 Å². The molecule has 2 aromatic rings. The number of sulfone groups is 1. The number of benzene rings is 2. The Morgan fingerprint density at radius 1 is 1.13 bits per heavy atom. The molecule has 0 aromatic heterocycles. The molecule has 3 rings (SSSR count). The molecule has 0 radical (unpaired) electrons. The zero-order chi connectivity index (χ0) is 28.1. The number of carbonyl (C=O) groups is 2. The molecule has 0 bridgehead atoms. The molecule has 2 aromatic carbocycles. The van der Waals surface area contributed by atoms with Gasteiger partial charge in [0, 0.05) is 23.8 Å². The quantitative estimate of drug-likeness (QED) is 0.347. The molecule has 9 nitrogen and oxygen atoms in total. The topological polar surface area (TPSA) is 111 Å². The van der Waals surface area contributed by atoms with Crippen molar-refractivity contribution in [2.75, 3.05) is 25.6 Å². The molecule has 0 heterocycles. The number of hydrogen-bond acceptors (Lipinski definition) is 7. The number of hydrogen-bond donors (Lipinski definition) is 1. The molecule has 38 heavy (non-hydrogen) atoms. The SMILES string of the molecule is CCO[C@@H](COC(=O)Nc1ccc(S(=O)(=O)C2CC2)c(CN(C)C(=O)OC(C)(C)C)c1)c1ccc(Br)cc1. The highest BCUT2D eigenvalue weighted by Crippen LogP contribution is 2.36. The van der Waals surface area contributed by atoms with Gasteiger partial charge in [0.2, 0.25) is 0 Å². The predicted molar refractivity (Wildman–Crippen MR) is 148 cm³/mol. The van der Waals surface area contributed by atoms with Crippen LogP contribution in [-0.2, 0) is 30.6 Å². The Balaban J connectivity index is 1.75. The van der Waals surface area contributed by atoms with Gasteiger partial charge < -0.3 is 19.1 Å². The Morgan fingerprint density at radius 2 is 1.79 bits per heavy atom. The number of carbonyl (C=O) groups excluding carboxylic acids is 2. The van der Waals surface area contributed by atoms with Gasteiger partial charge in [-0.2, -0.15) is 0 Å². The van der Waals surface area contributed by atoms with E-state index in [1.54, 1.807) is 26.8 Å². The van der Waals surface area contributed by atoms with Gasteiger partial charge in [0.15, 0.2) is 9.84 Å². The van der Waals surface area contributed by atoms with Crippen molar-refractivity contribution < 1.29 is 32.2 Å². The minimum absolute atomic E-state index is 0.0102. The van der Waals surface area contributed by atoms with E-state index >= 15 is 0 Å². The van der Waals surface area contributed by atoms with Gasteiger partial charge in [0.05, 0.1) is 16.7 Å². The zero-order valence-electron chi connectivity index (χ0n) is 22.3. The Hall–Kier alpha value is -2.63. The van der Waals surface area contributed by atoms with Gasteiger partial charge in [-0.15, -0.1) is 0 Å². The first-order valence-electron chi connectivity index (χ1n) is 12.4. The van der Waals surface area contributed by atoms with E-state index in [-0.39, 0.29) is 18.0 Å². The molecular formula is C27H35BrN2O7S. The van der Waals surface area contributed by atoms with Crippen LogP contribution >= 0.6 is 15.9 Å². The fraction of sp³-hybridized carbons (Fsp3) is 0.481. The summed E-state index contributed by atoms with van der Waals surface area (Å²) in [5.74, 6) is 0. The number of nitrogens with zero attached hydrogens (tertiary/aromatic N) is 1. The molecule has 1 atom stereocenters. The summed E-state index contributed by atoms with van der Waals surface area (Å²) in [4.78, 5) is 26.6. The van der Waals surface area contributed by atoms with Crippen molar-refractivity contribution >= 4 is 43.6 Å². The van der Waals surface area contributed by atoms with Crippen LogP contribution in [-0.4, -0.2) is 56.6 Å². The second kappa shape index (κ2) is 12.5. The van der Waals surface area contributed by atoms with E-state index in [1.165, 1.54) is 24.1 Å². The molecule has 208 valence electrons. The third kappa shape index (κ3) is 8.44. The summed E-state index contributed by atoms with van der Waals surface area (Å²) in [5.41, 5.74) is 0.890. The van der Waals surface area contributed by atoms with Crippen LogP contribution in [0.4, 0.5) is 15.3 Å². The average Bonchev–Trinajstić information content (AvgIpc) is 3.67. The van der Waals surface area contributed by atoms with Gasteiger partial charge in [0.1, 0.15) is 18.3 Å². The summed E-state index contributed by atoms with van der Waals surface area (Å²) in [7, 11) is -2.02. The Bertz CT molecular complexity index is 1240. The number of rotatable bonds is 10. The summed E-state index contributed by atoms with van der Waals surface area (Å²) in [6.07, 6.45) is -0.524. The fourth-order valence-corrected chi connectivity index (χ4v) is 5.83. The first-order chi connectivity index (χ1) is 17.8. The lowest BCUT2D eigenvalue weighted by Gasteiger charge is -2.25. The van der Waals surface area contributed by atoms with E-state index in [4.69, 9.17) is 14.2 Å².